The summed E-state index contributed by atoms with van der Waals surface area (Å²) in [6.45, 7) is 2.03. The summed E-state index contributed by atoms with van der Waals surface area (Å²) in [4.78, 5) is 15.6. The normalized spacial score (nSPS) is 11.6. The number of benzene rings is 1. The maximum absolute atomic E-state index is 11.8. The predicted molar refractivity (Wildman–Crippen MR) is 84.0 cm³/mol. The average Bonchev–Trinajstić information content (AvgIpc) is 3.21. The van der Waals surface area contributed by atoms with Crippen LogP contribution in [0.5, 0.6) is 0 Å². The van der Waals surface area contributed by atoms with Crippen LogP contribution in [-0.2, 0) is 6.42 Å². The van der Waals surface area contributed by atoms with E-state index in [9.17, 15) is 9.90 Å². The van der Waals surface area contributed by atoms with Gasteiger partial charge < -0.3 is 9.52 Å². The first kappa shape index (κ1) is 14.8. The van der Waals surface area contributed by atoms with Crippen molar-refractivity contribution in [1.82, 2.24) is 15.2 Å². The van der Waals surface area contributed by atoms with Gasteiger partial charge in [0, 0.05) is 12.5 Å². The van der Waals surface area contributed by atoms with Gasteiger partial charge in [-0.25, -0.2) is 4.98 Å². The molecule has 0 spiro atoms. The highest BCUT2D eigenvalue weighted by molar-refractivity contribution is 6.05. The lowest BCUT2D eigenvalue weighted by atomic mass is 10.1. The van der Waals surface area contributed by atoms with Crippen molar-refractivity contribution in [3.63, 3.8) is 0 Å². The number of rotatable bonds is 5. The highest BCUT2D eigenvalue weighted by atomic mass is 16.3. The molecule has 1 aromatic carbocycles. The standard InChI is InChI=1S/C17H15N3O3/c1-11-2-4-12(5-3-11)6-14-7-13(9-23-14)15(21)8-16(22)17-18-10-19-20-17/h2-5,7-10,21H,6H2,1H3,(H,18,19,20). The number of aromatic nitrogens is 3. The van der Waals surface area contributed by atoms with E-state index in [2.05, 4.69) is 15.2 Å². The van der Waals surface area contributed by atoms with E-state index < -0.39 is 5.78 Å². The van der Waals surface area contributed by atoms with Gasteiger partial charge in [0.15, 0.2) is 5.82 Å². The summed E-state index contributed by atoms with van der Waals surface area (Å²) in [7, 11) is 0. The third-order valence-corrected chi connectivity index (χ3v) is 3.36. The predicted octanol–water partition coefficient (Wildman–Crippen LogP) is 3.08. The quantitative estimate of drug-likeness (QED) is 0.429. The maximum atomic E-state index is 11.8. The van der Waals surface area contributed by atoms with Crippen LogP contribution in [-0.4, -0.2) is 26.1 Å². The molecular formula is C17H15N3O3. The highest BCUT2D eigenvalue weighted by Crippen LogP contribution is 2.19. The van der Waals surface area contributed by atoms with E-state index in [4.69, 9.17) is 4.42 Å². The fraction of sp³-hybridized carbons (Fsp3) is 0.118. The number of carbonyl (C=O) groups is 1. The molecule has 0 aliphatic carbocycles. The molecule has 3 aromatic rings. The largest absolute Gasteiger partial charge is 0.507 e. The van der Waals surface area contributed by atoms with Crippen LogP contribution in [0.15, 0.2) is 53.4 Å². The Balaban J connectivity index is 1.73. The third kappa shape index (κ3) is 3.55. The van der Waals surface area contributed by atoms with E-state index in [-0.39, 0.29) is 11.6 Å². The van der Waals surface area contributed by atoms with Gasteiger partial charge in [-0.15, -0.1) is 0 Å². The first-order valence-corrected chi connectivity index (χ1v) is 7.05. The molecule has 116 valence electrons. The van der Waals surface area contributed by atoms with Crippen molar-refractivity contribution in [2.45, 2.75) is 13.3 Å². The van der Waals surface area contributed by atoms with Crippen molar-refractivity contribution < 1.29 is 14.3 Å². The number of aliphatic hydroxyl groups is 1. The van der Waals surface area contributed by atoms with Gasteiger partial charge in [0.25, 0.3) is 0 Å². The second-order valence-corrected chi connectivity index (χ2v) is 5.19. The zero-order valence-electron chi connectivity index (χ0n) is 12.5. The fourth-order valence-electron chi connectivity index (χ4n) is 2.11. The summed E-state index contributed by atoms with van der Waals surface area (Å²) < 4.78 is 5.44. The summed E-state index contributed by atoms with van der Waals surface area (Å²) in [6.07, 6.45) is 4.35. The number of aliphatic hydroxyl groups excluding tert-OH is 1. The Hall–Kier alpha value is -3.15. The van der Waals surface area contributed by atoms with Crippen LogP contribution in [0.4, 0.5) is 0 Å². The minimum Gasteiger partial charge on any atom is -0.507 e. The fourth-order valence-corrected chi connectivity index (χ4v) is 2.11. The van der Waals surface area contributed by atoms with Gasteiger partial charge in [-0.3, -0.25) is 9.89 Å². The number of aromatic amines is 1. The van der Waals surface area contributed by atoms with E-state index in [0.29, 0.717) is 17.7 Å². The van der Waals surface area contributed by atoms with Crippen molar-refractivity contribution >= 4 is 11.5 Å². The molecule has 0 unspecified atom stereocenters. The van der Waals surface area contributed by atoms with Gasteiger partial charge in [-0.05, 0) is 18.6 Å². The van der Waals surface area contributed by atoms with E-state index in [1.807, 2.05) is 31.2 Å². The lowest BCUT2D eigenvalue weighted by Crippen LogP contribution is -1.99. The number of allylic oxidation sites excluding steroid dienone is 1. The van der Waals surface area contributed by atoms with Crippen LogP contribution in [0, 0.1) is 6.92 Å². The van der Waals surface area contributed by atoms with Crippen LogP contribution in [0.2, 0.25) is 0 Å². The lowest BCUT2D eigenvalue weighted by Gasteiger charge is -1.98. The molecule has 3 rings (SSSR count). The Labute approximate surface area is 132 Å². The summed E-state index contributed by atoms with van der Waals surface area (Å²) in [6, 6.07) is 9.83. The number of nitrogens with zero attached hydrogens (tertiary/aromatic N) is 2. The lowest BCUT2D eigenvalue weighted by molar-refractivity contribution is 0.103. The summed E-state index contributed by atoms with van der Waals surface area (Å²) in [5, 5.41) is 16.1. The third-order valence-electron chi connectivity index (χ3n) is 3.36. The second kappa shape index (κ2) is 6.31. The molecule has 2 heterocycles. The Morgan fingerprint density at radius 3 is 2.83 bits per heavy atom. The summed E-state index contributed by atoms with van der Waals surface area (Å²) in [5.41, 5.74) is 2.75. The van der Waals surface area contributed by atoms with Crippen molar-refractivity contribution in [1.29, 1.82) is 0 Å². The van der Waals surface area contributed by atoms with Crippen molar-refractivity contribution in [2.75, 3.05) is 0 Å². The smallest absolute Gasteiger partial charge is 0.226 e. The molecule has 2 N–H and O–H groups in total. The number of ketones is 1. The number of H-pyrrole nitrogens is 1. The Kier molecular flexibility index (Phi) is 4.05. The molecule has 0 saturated carbocycles. The van der Waals surface area contributed by atoms with Crippen molar-refractivity contribution in [3.05, 3.63) is 77.3 Å². The molecule has 0 amide bonds. The summed E-state index contributed by atoms with van der Waals surface area (Å²) in [5.74, 6) is 0.141. The van der Waals surface area contributed by atoms with Crippen LogP contribution in [0.25, 0.3) is 5.76 Å². The topological polar surface area (TPSA) is 92.0 Å². The number of furan rings is 1. The van der Waals surface area contributed by atoms with Gasteiger partial charge in [0.2, 0.25) is 5.78 Å². The molecular weight excluding hydrogens is 294 g/mol. The molecule has 6 heteroatoms. The number of nitrogens with one attached hydrogen (secondary N) is 1. The maximum Gasteiger partial charge on any atom is 0.226 e. The van der Waals surface area contributed by atoms with E-state index >= 15 is 0 Å². The molecule has 23 heavy (non-hydrogen) atoms. The molecule has 2 aromatic heterocycles. The van der Waals surface area contributed by atoms with Gasteiger partial charge in [-0.2, -0.15) is 5.10 Å². The number of hydrogen-bond donors (Lipinski definition) is 2. The molecule has 0 aliphatic rings. The first-order valence-electron chi connectivity index (χ1n) is 7.05. The highest BCUT2D eigenvalue weighted by Gasteiger charge is 2.11. The molecule has 0 atom stereocenters. The van der Waals surface area contributed by atoms with Gasteiger partial charge in [-0.1, -0.05) is 29.8 Å². The molecule has 0 fully saturated rings. The van der Waals surface area contributed by atoms with Crippen molar-refractivity contribution in [2.24, 2.45) is 0 Å². The van der Waals surface area contributed by atoms with Crippen LogP contribution >= 0.6 is 0 Å². The van der Waals surface area contributed by atoms with Crippen molar-refractivity contribution in [3.8, 4) is 0 Å². The van der Waals surface area contributed by atoms with Crippen LogP contribution in [0.1, 0.15) is 33.1 Å². The SMILES string of the molecule is Cc1ccc(Cc2cc(C(O)=CC(=O)c3ncn[nH]3)co2)cc1. The monoisotopic (exact) mass is 309 g/mol. The number of hydrogen-bond acceptors (Lipinski definition) is 5. The van der Waals surface area contributed by atoms with Gasteiger partial charge in [0.1, 0.15) is 24.1 Å². The molecule has 0 bridgehead atoms. The Morgan fingerprint density at radius 2 is 2.13 bits per heavy atom. The molecule has 0 radical (unpaired) electrons. The number of aryl methyl sites for hydroxylation is 1. The number of carbonyl (C=O) groups excluding carboxylic acids is 1. The van der Waals surface area contributed by atoms with Gasteiger partial charge in [0.05, 0.1) is 5.56 Å². The average molecular weight is 309 g/mol. The van der Waals surface area contributed by atoms with E-state index in [0.717, 1.165) is 11.6 Å². The van der Waals surface area contributed by atoms with Gasteiger partial charge >= 0.3 is 0 Å². The zero-order chi connectivity index (χ0) is 16.2. The Bertz CT molecular complexity index is 830. The van der Waals surface area contributed by atoms with E-state index in [1.165, 1.54) is 18.2 Å². The minimum absolute atomic E-state index is 0.0694. The minimum atomic E-state index is -0.457. The second-order valence-electron chi connectivity index (χ2n) is 5.19. The molecule has 0 saturated heterocycles. The van der Waals surface area contributed by atoms with Crippen LogP contribution < -0.4 is 0 Å². The molecule has 0 aliphatic heterocycles. The van der Waals surface area contributed by atoms with E-state index in [1.54, 1.807) is 6.07 Å². The first-order chi connectivity index (χ1) is 11.1. The van der Waals surface area contributed by atoms with Crippen LogP contribution in [0.3, 0.4) is 0 Å². The summed E-state index contributed by atoms with van der Waals surface area (Å²) >= 11 is 0. The zero-order valence-corrected chi connectivity index (χ0v) is 12.5. The molecule has 6 nitrogen and oxygen atoms in total. The Morgan fingerprint density at radius 1 is 1.35 bits per heavy atom.